The second-order valence-corrected chi connectivity index (χ2v) is 6.39. The standard InChI is InChI=1S/C20H23N3O2/c24-19(14-16-4-2-1-3-5-16)23-12-8-18(9-13-23)20(25)22-15-17-6-10-21-11-7-17/h1-7,10-11,18H,8-9,12-15H2,(H,22,25). The van der Waals surface area contributed by atoms with Crippen LogP contribution in [0.5, 0.6) is 0 Å². The van der Waals surface area contributed by atoms with Crippen molar-refractivity contribution in [2.24, 2.45) is 5.92 Å². The Morgan fingerprint density at radius 1 is 1.00 bits per heavy atom. The Labute approximate surface area is 148 Å². The van der Waals surface area contributed by atoms with E-state index in [4.69, 9.17) is 0 Å². The van der Waals surface area contributed by atoms with Gasteiger partial charge in [-0.25, -0.2) is 0 Å². The van der Waals surface area contributed by atoms with Crippen LogP contribution >= 0.6 is 0 Å². The van der Waals surface area contributed by atoms with Crippen LogP contribution in [0, 0.1) is 5.92 Å². The van der Waals surface area contributed by atoms with Crippen LogP contribution in [0.25, 0.3) is 0 Å². The molecule has 0 spiro atoms. The highest BCUT2D eigenvalue weighted by Gasteiger charge is 2.27. The Hall–Kier alpha value is -2.69. The van der Waals surface area contributed by atoms with Gasteiger partial charge in [-0.2, -0.15) is 0 Å². The van der Waals surface area contributed by atoms with Gasteiger partial charge in [0, 0.05) is 37.9 Å². The maximum atomic E-state index is 12.4. The number of rotatable bonds is 5. The summed E-state index contributed by atoms with van der Waals surface area (Å²) in [7, 11) is 0. The lowest BCUT2D eigenvalue weighted by Gasteiger charge is -2.31. The molecule has 2 amide bonds. The van der Waals surface area contributed by atoms with Crippen LogP contribution in [-0.2, 0) is 22.6 Å². The van der Waals surface area contributed by atoms with Gasteiger partial charge in [0.05, 0.1) is 6.42 Å². The third-order valence-electron chi connectivity index (χ3n) is 4.63. The van der Waals surface area contributed by atoms with Crippen LogP contribution in [0.2, 0.25) is 0 Å². The molecule has 1 aliphatic rings. The number of piperidine rings is 1. The van der Waals surface area contributed by atoms with Gasteiger partial charge in [-0.05, 0) is 36.1 Å². The first kappa shape index (κ1) is 17.1. The van der Waals surface area contributed by atoms with E-state index in [0.717, 1.165) is 24.0 Å². The highest BCUT2D eigenvalue weighted by molar-refractivity contribution is 5.81. The molecule has 0 atom stereocenters. The van der Waals surface area contributed by atoms with Crippen molar-refractivity contribution < 1.29 is 9.59 Å². The van der Waals surface area contributed by atoms with Gasteiger partial charge in [0.15, 0.2) is 0 Å². The van der Waals surface area contributed by atoms with Crippen molar-refractivity contribution in [3.8, 4) is 0 Å². The number of aromatic nitrogens is 1. The molecule has 130 valence electrons. The summed E-state index contributed by atoms with van der Waals surface area (Å²) in [6.45, 7) is 1.83. The van der Waals surface area contributed by atoms with Crippen LogP contribution in [0.15, 0.2) is 54.9 Å². The molecule has 0 aliphatic carbocycles. The van der Waals surface area contributed by atoms with Crippen LogP contribution in [0.3, 0.4) is 0 Å². The smallest absolute Gasteiger partial charge is 0.226 e. The molecule has 25 heavy (non-hydrogen) atoms. The van der Waals surface area contributed by atoms with Crippen LogP contribution in [0.1, 0.15) is 24.0 Å². The SMILES string of the molecule is O=C(NCc1ccncc1)C1CCN(C(=O)Cc2ccccc2)CC1. The molecule has 1 aromatic carbocycles. The molecule has 3 rings (SSSR count). The van der Waals surface area contributed by atoms with Crippen molar-refractivity contribution >= 4 is 11.8 Å². The first-order chi connectivity index (χ1) is 12.2. The van der Waals surface area contributed by atoms with Gasteiger partial charge in [0.1, 0.15) is 0 Å². The van der Waals surface area contributed by atoms with Gasteiger partial charge in [-0.1, -0.05) is 30.3 Å². The Kier molecular flexibility index (Phi) is 5.77. The van der Waals surface area contributed by atoms with Gasteiger partial charge in [-0.3, -0.25) is 14.6 Å². The van der Waals surface area contributed by atoms with E-state index >= 15 is 0 Å². The molecule has 1 fully saturated rings. The van der Waals surface area contributed by atoms with E-state index < -0.39 is 0 Å². The molecule has 5 nitrogen and oxygen atoms in total. The number of carbonyl (C=O) groups is 2. The van der Waals surface area contributed by atoms with E-state index in [1.165, 1.54) is 0 Å². The summed E-state index contributed by atoms with van der Waals surface area (Å²) in [5, 5.41) is 2.98. The Morgan fingerprint density at radius 3 is 2.36 bits per heavy atom. The third-order valence-corrected chi connectivity index (χ3v) is 4.63. The molecule has 0 unspecified atom stereocenters. The van der Waals surface area contributed by atoms with E-state index in [9.17, 15) is 9.59 Å². The zero-order valence-electron chi connectivity index (χ0n) is 14.2. The molecule has 2 heterocycles. The van der Waals surface area contributed by atoms with E-state index in [2.05, 4.69) is 10.3 Å². The second kappa shape index (κ2) is 8.42. The lowest BCUT2D eigenvalue weighted by atomic mass is 9.95. The summed E-state index contributed by atoms with van der Waals surface area (Å²) in [6, 6.07) is 13.6. The van der Waals surface area contributed by atoms with Gasteiger partial charge in [0.25, 0.3) is 0 Å². The molecule has 1 N–H and O–H groups in total. The summed E-state index contributed by atoms with van der Waals surface area (Å²) in [5.41, 5.74) is 2.07. The number of pyridine rings is 1. The van der Waals surface area contributed by atoms with Crippen molar-refractivity contribution in [3.05, 3.63) is 66.0 Å². The first-order valence-corrected chi connectivity index (χ1v) is 8.70. The van der Waals surface area contributed by atoms with Crippen molar-refractivity contribution in [2.75, 3.05) is 13.1 Å². The summed E-state index contributed by atoms with van der Waals surface area (Å²) < 4.78 is 0. The van der Waals surface area contributed by atoms with Crippen molar-refractivity contribution in [1.29, 1.82) is 0 Å². The molecular weight excluding hydrogens is 314 g/mol. The third kappa shape index (κ3) is 4.89. The summed E-state index contributed by atoms with van der Waals surface area (Å²) >= 11 is 0. The molecule has 0 bridgehead atoms. The molecule has 5 heteroatoms. The summed E-state index contributed by atoms with van der Waals surface area (Å²) in [4.78, 5) is 30.5. The van der Waals surface area contributed by atoms with Gasteiger partial charge >= 0.3 is 0 Å². The molecule has 0 radical (unpaired) electrons. The minimum Gasteiger partial charge on any atom is -0.352 e. The number of nitrogens with one attached hydrogen (secondary N) is 1. The zero-order valence-corrected chi connectivity index (χ0v) is 14.2. The topological polar surface area (TPSA) is 62.3 Å². The Bertz CT molecular complexity index is 695. The van der Waals surface area contributed by atoms with Crippen molar-refractivity contribution in [1.82, 2.24) is 15.2 Å². The molecule has 1 aromatic heterocycles. The van der Waals surface area contributed by atoms with E-state index in [-0.39, 0.29) is 17.7 Å². The minimum atomic E-state index is -0.0115. The number of carbonyl (C=O) groups excluding carboxylic acids is 2. The van der Waals surface area contributed by atoms with Gasteiger partial charge < -0.3 is 10.2 Å². The quantitative estimate of drug-likeness (QED) is 0.910. The van der Waals surface area contributed by atoms with E-state index in [1.54, 1.807) is 12.4 Å². The molecule has 1 saturated heterocycles. The molecule has 2 aromatic rings. The van der Waals surface area contributed by atoms with Crippen molar-refractivity contribution in [3.63, 3.8) is 0 Å². The minimum absolute atomic E-state index is 0.0115. The highest BCUT2D eigenvalue weighted by Crippen LogP contribution is 2.18. The number of benzene rings is 1. The fourth-order valence-corrected chi connectivity index (χ4v) is 3.11. The molecule has 1 aliphatic heterocycles. The summed E-state index contributed by atoms with van der Waals surface area (Å²) in [5.74, 6) is 0.205. The molecular formula is C20H23N3O2. The van der Waals surface area contributed by atoms with Crippen molar-refractivity contribution in [2.45, 2.75) is 25.8 Å². The fraction of sp³-hybridized carbons (Fsp3) is 0.350. The number of amides is 2. The van der Waals surface area contributed by atoms with E-state index in [1.807, 2.05) is 47.4 Å². The first-order valence-electron chi connectivity index (χ1n) is 8.70. The highest BCUT2D eigenvalue weighted by atomic mass is 16.2. The summed E-state index contributed by atoms with van der Waals surface area (Å²) in [6.07, 6.45) is 5.32. The van der Waals surface area contributed by atoms with E-state index in [0.29, 0.717) is 26.1 Å². The largest absolute Gasteiger partial charge is 0.352 e. The number of hydrogen-bond acceptors (Lipinski definition) is 3. The van der Waals surface area contributed by atoms with Gasteiger partial charge in [0.2, 0.25) is 11.8 Å². The zero-order chi connectivity index (χ0) is 17.5. The van der Waals surface area contributed by atoms with Crippen LogP contribution in [0.4, 0.5) is 0 Å². The monoisotopic (exact) mass is 337 g/mol. The van der Waals surface area contributed by atoms with Gasteiger partial charge in [-0.15, -0.1) is 0 Å². The molecule has 0 saturated carbocycles. The normalized spacial score (nSPS) is 15.0. The van der Waals surface area contributed by atoms with Crippen LogP contribution < -0.4 is 5.32 Å². The maximum Gasteiger partial charge on any atom is 0.226 e. The predicted octanol–water partition coefficient (Wildman–Crippen LogP) is 2.18. The van der Waals surface area contributed by atoms with Crippen LogP contribution in [-0.4, -0.2) is 34.8 Å². The Morgan fingerprint density at radius 2 is 1.68 bits per heavy atom. The maximum absolute atomic E-state index is 12.4. The lowest BCUT2D eigenvalue weighted by Crippen LogP contribution is -2.43. The fourth-order valence-electron chi connectivity index (χ4n) is 3.11. The number of likely N-dealkylation sites (tertiary alicyclic amines) is 1. The number of nitrogens with zero attached hydrogens (tertiary/aromatic N) is 2. The number of hydrogen-bond donors (Lipinski definition) is 1. The average Bonchev–Trinajstić information content (AvgIpc) is 2.68. The predicted molar refractivity (Wildman–Crippen MR) is 95.5 cm³/mol. The Balaban J connectivity index is 1.43. The lowest BCUT2D eigenvalue weighted by molar-refractivity contribution is -0.135. The average molecular weight is 337 g/mol. The second-order valence-electron chi connectivity index (χ2n) is 6.39.